The lowest BCUT2D eigenvalue weighted by molar-refractivity contribution is 1.13. The molecule has 15 heavy (non-hydrogen) atoms. The zero-order valence-corrected chi connectivity index (χ0v) is 9.07. The Balaban J connectivity index is 3.23. The summed E-state index contributed by atoms with van der Waals surface area (Å²) >= 11 is 0. The maximum absolute atomic E-state index is 5.86. The maximum atomic E-state index is 5.86. The minimum absolute atomic E-state index is 0.487. The van der Waals surface area contributed by atoms with Gasteiger partial charge < -0.3 is 11.5 Å². The van der Waals surface area contributed by atoms with Crippen LogP contribution in [0.4, 0.5) is 11.4 Å². The third-order valence-corrected chi connectivity index (χ3v) is 1.95. The van der Waals surface area contributed by atoms with Crippen molar-refractivity contribution in [3.05, 3.63) is 30.1 Å². The average molecular weight is 204 g/mol. The van der Waals surface area contributed by atoms with Crippen LogP contribution in [0.1, 0.15) is 19.4 Å². The van der Waals surface area contributed by atoms with Crippen molar-refractivity contribution in [3.8, 4) is 0 Å². The van der Waals surface area contributed by atoms with E-state index in [2.05, 4.69) is 9.98 Å². The normalized spacial score (nSPS) is 12.3. The van der Waals surface area contributed by atoms with E-state index in [0.717, 1.165) is 11.3 Å². The van der Waals surface area contributed by atoms with Gasteiger partial charge in [0.1, 0.15) is 0 Å². The predicted molar refractivity (Wildman–Crippen MR) is 65.0 cm³/mol. The van der Waals surface area contributed by atoms with E-state index in [-0.39, 0.29) is 0 Å². The lowest BCUT2D eigenvalue weighted by atomic mass is 10.1. The van der Waals surface area contributed by atoms with Gasteiger partial charge >= 0.3 is 0 Å². The van der Waals surface area contributed by atoms with E-state index in [4.69, 9.17) is 11.5 Å². The van der Waals surface area contributed by atoms with Crippen molar-refractivity contribution in [2.24, 2.45) is 4.99 Å². The highest BCUT2D eigenvalue weighted by Gasteiger charge is 2.06. The van der Waals surface area contributed by atoms with Gasteiger partial charge in [-0.05, 0) is 19.9 Å². The molecule has 0 aliphatic carbocycles. The molecule has 0 fully saturated rings. The van der Waals surface area contributed by atoms with Crippen molar-refractivity contribution >= 4 is 17.1 Å². The van der Waals surface area contributed by atoms with Crippen LogP contribution in [0.2, 0.25) is 0 Å². The lowest BCUT2D eigenvalue weighted by Crippen LogP contribution is -2.06. The molecule has 0 amide bonds. The van der Waals surface area contributed by atoms with Gasteiger partial charge in [-0.3, -0.25) is 9.98 Å². The number of aliphatic imine (C=N–C) groups is 1. The van der Waals surface area contributed by atoms with E-state index in [1.807, 2.05) is 26.0 Å². The highest BCUT2D eigenvalue weighted by atomic mass is 14.8. The molecule has 0 aromatic carbocycles. The SMILES string of the molecule is CC=CC(=NCC)c1cncc(N)c1N. The summed E-state index contributed by atoms with van der Waals surface area (Å²) in [5, 5.41) is 0. The number of nitrogen functional groups attached to an aromatic ring is 2. The molecule has 0 atom stereocenters. The number of anilines is 2. The van der Waals surface area contributed by atoms with Crippen LogP contribution in [0.25, 0.3) is 0 Å². The van der Waals surface area contributed by atoms with Gasteiger partial charge in [0.15, 0.2) is 0 Å². The van der Waals surface area contributed by atoms with Gasteiger partial charge in [0.2, 0.25) is 0 Å². The van der Waals surface area contributed by atoms with Crippen LogP contribution in [0.3, 0.4) is 0 Å². The molecule has 0 unspecified atom stereocenters. The molecule has 1 rings (SSSR count). The molecule has 0 saturated carbocycles. The summed E-state index contributed by atoms with van der Waals surface area (Å²) in [5.41, 5.74) is 14.2. The van der Waals surface area contributed by atoms with Crippen LogP contribution in [-0.2, 0) is 0 Å². The van der Waals surface area contributed by atoms with Gasteiger partial charge in [-0.2, -0.15) is 0 Å². The highest BCUT2D eigenvalue weighted by molar-refractivity contribution is 6.12. The number of aromatic nitrogens is 1. The number of hydrogen-bond donors (Lipinski definition) is 2. The molecule has 0 radical (unpaired) electrons. The van der Waals surface area contributed by atoms with Crippen molar-refractivity contribution in [2.75, 3.05) is 18.0 Å². The molecule has 0 bridgehead atoms. The molecule has 0 aliphatic rings. The largest absolute Gasteiger partial charge is 0.396 e. The molecule has 1 aromatic heterocycles. The number of nitrogens with zero attached hydrogens (tertiary/aromatic N) is 2. The number of hydrogen-bond acceptors (Lipinski definition) is 4. The minimum atomic E-state index is 0.487. The van der Waals surface area contributed by atoms with E-state index in [9.17, 15) is 0 Å². The van der Waals surface area contributed by atoms with E-state index >= 15 is 0 Å². The van der Waals surface area contributed by atoms with Crippen LogP contribution in [-0.4, -0.2) is 17.2 Å². The lowest BCUT2D eigenvalue weighted by Gasteiger charge is -2.07. The molecule has 0 aliphatic heterocycles. The average Bonchev–Trinajstić information content (AvgIpc) is 2.22. The van der Waals surface area contributed by atoms with Gasteiger partial charge in [-0.25, -0.2) is 0 Å². The van der Waals surface area contributed by atoms with Crippen LogP contribution >= 0.6 is 0 Å². The fourth-order valence-corrected chi connectivity index (χ4v) is 1.25. The standard InChI is InChI=1S/C11H16N4/c1-3-5-10(15-4-2)8-6-14-7-9(12)11(8)13/h3,5-7H,4,12H2,1-2H3,(H2,13,14). The summed E-state index contributed by atoms with van der Waals surface area (Å²) < 4.78 is 0. The number of pyridine rings is 1. The summed E-state index contributed by atoms with van der Waals surface area (Å²) in [6.45, 7) is 4.61. The van der Waals surface area contributed by atoms with E-state index in [1.54, 1.807) is 6.20 Å². The summed E-state index contributed by atoms with van der Waals surface area (Å²) in [4.78, 5) is 8.35. The second kappa shape index (κ2) is 5.14. The highest BCUT2D eigenvalue weighted by Crippen LogP contribution is 2.19. The second-order valence-corrected chi connectivity index (χ2v) is 3.05. The molecular weight excluding hydrogens is 188 g/mol. The first-order valence-electron chi connectivity index (χ1n) is 4.87. The summed E-state index contributed by atoms with van der Waals surface area (Å²) in [6, 6.07) is 0. The quantitative estimate of drug-likeness (QED) is 0.734. The summed E-state index contributed by atoms with van der Waals surface area (Å²) in [7, 11) is 0. The molecule has 1 aromatic rings. The summed E-state index contributed by atoms with van der Waals surface area (Å²) in [5.74, 6) is 0. The van der Waals surface area contributed by atoms with Crippen LogP contribution < -0.4 is 11.5 Å². The van der Waals surface area contributed by atoms with Gasteiger partial charge in [0.05, 0.1) is 23.3 Å². The monoisotopic (exact) mass is 204 g/mol. The molecule has 4 nitrogen and oxygen atoms in total. The third kappa shape index (κ3) is 2.56. The van der Waals surface area contributed by atoms with E-state index in [1.165, 1.54) is 6.20 Å². The Morgan fingerprint density at radius 1 is 1.47 bits per heavy atom. The van der Waals surface area contributed by atoms with Crippen molar-refractivity contribution in [1.82, 2.24) is 4.98 Å². The third-order valence-electron chi connectivity index (χ3n) is 1.95. The molecule has 4 heteroatoms. The van der Waals surface area contributed by atoms with Crippen LogP contribution in [0.15, 0.2) is 29.5 Å². The molecule has 0 saturated heterocycles. The van der Waals surface area contributed by atoms with Crippen LogP contribution in [0, 0.1) is 0 Å². The first kappa shape index (κ1) is 11.2. The number of nitrogens with two attached hydrogens (primary N) is 2. The summed E-state index contributed by atoms with van der Waals surface area (Å²) in [6.07, 6.45) is 7.03. The molecular formula is C11H16N4. The molecule has 4 N–H and O–H groups in total. The maximum Gasteiger partial charge on any atom is 0.0741 e. The smallest absolute Gasteiger partial charge is 0.0741 e. The van der Waals surface area contributed by atoms with Gasteiger partial charge in [0, 0.05) is 18.3 Å². The molecule has 1 heterocycles. The Morgan fingerprint density at radius 3 is 2.80 bits per heavy atom. The van der Waals surface area contributed by atoms with Gasteiger partial charge in [-0.1, -0.05) is 6.08 Å². The Labute approximate surface area is 89.7 Å². The van der Waals surface area contributed by atoms with Crippen molar-refractivity contribution < 1.29 is 0 Å². The first-order chi connectivity index (χ1) is 7.20. The van der Waals surface area contributed by atoms with Crippen molar-refractivity contribution in [2.45, 2.75) is 13.8 Å². The topological polar surface area (TPSA) is 77.3 Å². The van der Waals surface area contributed by atoms with Crippen LogP contribution in [0.5, 0.6) is 0 Å². The minimum Gasteiger partial charge on any atom is -0.396 e. The Morgan fingerprint density at radius 2 is 2.20 bits per heavy atom. The number of allylic oxidation sites excluding steroid dienone is 2. The van der Waals surface area contributed by atoms with Gasteiger partial charge in [0.25, 0.3) is 0 Å². The Kier molecular flexibility index (Phi) is 3.85. The fourth-order valence-electron chi connectivity index (χ4n) is 1.25. The predicted octanol–water partition coefficient (Wildman–Crippen LogP) is 1.63. The van der Waals surface area contributed by atoms with Crippen molar-refractivity contribution in [1.29, 1.82) is 0 Å². The second-order valence-electron chi connectivity index (χ2n) is 3.05. The zero-order valence-electron chi connectivity index (χ0n) is 9.07. The van der Waals surface area contributed by atoms with E-state index < -0.39 is 0 Å². The van der Waals surface area contributed by atoms with Gasteiger partial charge in [-0.15, -0.1) is 0 Å². The van der Waals surface area contributed by atoms with Crippen molar-refractivity contribution in [3.63, 3.8) is 0 Å². The van der Waals surface area contributed by atoms with E-state index in [0.29, 0.717) is 17.9 Å². The Bertz CT molecular complexity index is 394. The zero-order chi connectivity index (χ0) is 11.3. The fraction of sp³-hybridized carbons (Fsp3) is 0.273. The Hall–Kier alpha value is -1.84. The molecule has 0 spiro atoms. The molecule has 80 valence electrons. The first-order valence-corrected chi connectivity index (χ1v) is 4.87. The number of rotatable bonds is 3.